The highest BCUT2D eigenvalue weighted by atomic mass is 79.9. The molecule has 0 aliphatic heterocycles. The van der Waals surface area contributed by atoms with Crippen molar-refractivity contribution in [2.75, 3.05) is 0 Å². The topological polar surface area (TPSA) is 9.23 Å². The van der Waals surface area contributed by atoms with Crippen LogP contribution in [0.5, 0.6) is 5.75 Å². The molecule has 0 radical (unpaired) electrons. The normalized spacial score (nSPS) is 11.2. The molecule has 5 heteroatoms. The van der Waals surface area contributed by atoms with E-state index >= 15 is 0 Å². The number of hydrogen-bond acceptors (Lipinski definition) is 1. The summed E-state index contributed by atoms with van der Waals surface area (Å²) in [6.07, 6.45) is 0. The van der Waals surface area contributed by atoms with Crippen LogP contribution in [0.4, 0.5) is 8.78 Å². The lowest BCUT2D eigenvalue weighted by molar-refractivity contribution is -0.0508. The number of halogens is 4. The van der Waals surface area contributed by atoms with E-state index in [4.69, 9.17) is 0 Å². The molecular formula is C10H10Br2F2O. The first-order valence-electron chi connectivity index (χ1n) is 4.35. The zero-order chi connectivity index (χ0) is 11.6. The van der Waals surface area contributed by atoms with Gasteiger partial charge in [0, 0.05) is 0 Å². The van der Waals surface area contributed by atoms with Crippen molar-refractivity contribution in [2.24, 2.45) is 0 Å². The molecule has 0 fully saturated rings. The zero-order valence-corrected chi connectivity index (χ0v) is 11.4. The van der Waals surface area contributed by atoms with Crippen molar-refractivity contribution in [3.8, 4) is 5.75 Å². The molecule has 0 bridgehead atoms. The lowest BCUT2D eigenvalue weighted by Crippen LogP contribution is -2.03. The average molecular weight is 344 g/mol. The van der Waals surface area contributed by atoms with Crippen LogP contribution >= 0.6 is 31.9 Å². The molecule has 0 aliphatic carbocycles. The Morgan fingerprint density at radius 2 is 1.60 bits per heavy atom. The van der Waals surface area contributed by atoms with Crippen LogP contribution in [0.1, 0.15) is 25.3 Å². The van der Waals surface area contributed by atoms with E-state index in [-0.39, 0.29) is 5.75 Å². The van der Waals surface area contributed by atoms with E-state index in [2.05, 4.69) is 36.6 Å². The molecule has 0 N–H and O–H groups in total. The van der Waals surface area contributed by atoms with E-state index in [0.717, 1.165) is 5.56 Å². The Labute approximate surface area is 104 Å². The molecule has 0 aromatic heterocycles. The molecule has 1 nitrogen and oxygen atoms in total. The second-order valence-corrected chi connectivity index (χ2v) is 5.06. The van der Waals surface area contributed by atoms with Gasteiger partial charge in [-0.2, -0.15) is 8.78 Å². The van der Waals surface area contributed by atoms with Gasteiger partial charge in [-0.1, -0.05) is 13.8 Å². The Hall–Kier alpha value is -0.160. The van der Waals surface area contributed by atoms with E-state index in [9.17, 15) is 8.78 Å². The van der Waals surface area contributed by atoms with Gasteiger partial charge in [0.05, 0.1) is 8.95 Å². The first-order valence-corrected chi connectivity index (χ1v) is 5.94. The molecule has 15 heavy (non-hydrogen) atoms. The van der Waals surface area contributed by atoms with Crippen LogP contribution in [0, 0.1) is 0 Å². The molecule has 0 aliphatic rings. The molecular weight excluding hydrogens is 334 g/mol. The van der Waals surface area contributed by atoms with Gasteiger partial charge in [-0.05, 0) is 55.5 Å². The fourth-order valence-corrected chi connectivity index (χ4v) is 2.52. The van der Waals surface area contributed by atoms with Crippen LogP contribution in [0.3, 0.4) is 0 Å². The molecule has 1 rings (SSSR count). The highest BCUT2D eigenvalue weighted by Crippen LogP contribution is 2.37. The minimum Gasteiger partial charge on any atom is -0.432 e. The quantitative estimate of drug-likeness (QED) is 0.755. The monoisotopic (exact) mass is 342 g/mol. The standard InChI is InChI=1S/C10H10Br2F2O/c1-5(2)6-3-7(11)9(8(12)4-6)15-10(13)14/h3-5,10H,1-2H3. The van der Waals surface area contributed by atoms with E-state index in [1.807, 2.05) is 13.8 Å². The molecule has 0 atom stereocenters. The summed E-state index contributed by atoms with van der Waals surface area (Å²) in [5.41, 5.74) is 1.05. The van der Waals surface area contributed by atoms with E-state index in [1.54, 1.807) is 12.1 Å². The molecule has 0 saturated heterocycles. The second-order valence-electron chi connectivity index (χ2n) is 3.35. The second kappa shape index (κ2) is 5.25. The van der Waals surface area contributed by atoms with Gasteiger partial charge in [-0.3, -0.25) is 0 Å². The highest BCUT2D eigenvalue weighted by Gasteiger charge is 2.14. The Morgan fingerprint density at radius 3 is 1.93 bits per heavy atom. The van der Waals surface area contributed by atoms with E-state index in [0.29, 0.717) is 14.9 Å². The smallest absolute Gasteiger partial charge is 0.387 e. The maximum atomic E-state index is 12.1. The SMILES string of the molecule is CC(C)c1cc(Br)c(OC(F)F)c(Br)c1. The summed E-state index contributed by atoms with van der Waals surface area (Å²) in [6.45, 7) is 1.24. The summed E-state index contributed by atoms with van der Waals surface area (Å²) in [5, 5.41) is 0. The Morgan fingerprint density at radius 1 is 1.13 bits per heavy atom. The number of alkyl halides is 2. The summed E-state index contributed by atoms with van der Waals surface area (Å²) < 4.78 is 29.6. The Balaban J connectivity index is 3.10. The molecule has 0 heterocycles. The lowest BCUT2D eigenvalue weighted by Gasteiger charge is -2.12. The summed E-state index contributed by atoms with van der Waals surface area (Å²) in [6, 6.07) is 3.57. The number of ether oxygens (including phenoxy) is 1. The minimum atomic E-state index is -2.82. The van der Waals surface area contributed by atoms with Crippen molar-refractivity contribution in [3.05, 3.63) is 26.6 Å². The van der Waals surface area contributed by atoms with Gasteiger partial charge in [0.2, 0.25) is 0 Å². The molecule has 1 aromatic rings. The van der Waals surface area contributed by atoms with Gasteiger partial charge in [-0.25, -0.2) is 0 Å². The van der Waals surface area contributed by atoms with E-state index < -0.39 is 6.61 Å². The largest absolute Gasteiger partial charge is 0.432 e. The summed E-state index contributed by atoms with van der Waals surface area (Å²) in [7, 11) is 0. The fraction of sp³-hybridized carbons (Fsp3) is 0.400. The van der Waals surface area contributed by atoms with Crippen molar-refractivity contribution in [1.82, 2.24) is 0 Å². The molecule has 84 valence electrons. The van der Waals surface area contributed by atoms with Gasteiger partial charge in [0.25, 0.3) is 0 Å². The Bertz CT molecular complexity index is 330. The van der Waals surface area contributed by atoms with Crippen molar-refractivity contribution >= 4 is 31.9 Å². The number of rotatable bonds is 3. The third-order valence-corrected chi connectivity index (χ3v) is 3.07. The van der Waals surface area contributed by atoms with Gasteiger partial charge < -0.3 is 4.74 Å². The third kappa shape index (κ3) is 3.41. The molecule has 1 aromatic carbocycles. The average Bonchev–Trinajstić information content (AvgIpc) is 2.10. The first-order chi connectivity index (χ1) is 6.91. The van der Waals surface area contributed by atoms with Gasteiger partial charge in [0.15, 0.2) is 5.75 Å². The van der Waals surface area contributed by atoms with Crippen molar-refractivity contribution in [3.63, 3.8) is 0 Å². The van der Waals surface area contributed by atoms with Crippen LogP contribution in [0.15, 0.2) is 21.1 Å². The lowest BCUT2D eigenvalue weighted by atomic mass is 10.0. The zero-order valence-electron chi connectivity index (χ0n) is 8.23. The van der Waals surface area contributed by atoms with Gasteiger partial charge in [-0.15, -0.1) is 0 Å². The number of benzene rings is 1. The molecule has 0 saturated carbocycles. The molecule has 0 spiro atoms. The predicted molar refractivity (Wildman–Crippen MR) is 62.6 cm³/mol. The van der Waals surface area contributed by atoms with Gasteiger partial charge in [0.1, 0.15) is 0 Å². The van der Waals surface area contributed by atoms with Crippen molar-refractivity contribution < 1.29 is 13.5 Å². The van der Waals surface area contributed by atoms with Crippen LogP contribution in [0.25, 0.3) is 0 Å². The van der Waals surface area contributed by atoms with Crippen LogP contribution in [-0.4, -0.2) is 6.61 Å². The summed E-state index contributed by atoms with van der Waals surface area (Å²) >= 11 is 6.41. The fourth-order valence-electron chi connectivity index (χ4n) is 1.11. The molecule has 0 unspecified atom stereocenters. The maximum Gasteiger partial charge on any atom is 0.387 e. The number of hydrogen-bond donors (Lipinski definition) is 0. The minimum absolute atomic E-state index is 0.134. The molecule has 0 amide bonds. The predicted octanol–water partition coefficient (Wildman–Crippen LogP) is 4.94. The third-order valence-electron chi connectivity index (χ3n) is 1.89. The highest BCUT2D eigenvalue weighted by molar-refractivity contribution is 9.11. The van der Waals surface area contributed by atoms with Crippen molar-refractivity contribution in [1.29, 1.82) is 0 Å². The maximum absolute atomic E-state index is 12.1. The summed E-state index contributed by atoms with van der Waals surface area (Å²) in [4.78, 5) is 0. The van der Waals surface area contributed by atoms with Crippen LogP contribution < -0.4 is 4.74 Å². The van der Waals surface area contributed by atoms with Crippen LogP contribution in [-0.2, 0) is 0 Å². The first kappa shape index (κ1) is 12.9. The van der Waals surface area contributed by atoms with Crippen LogP contribution in [0.2, 0.25) is 0 Å². The Kier molecular flexibility index (Phi) is 4.52. The summed E-state index contributed by atoms with van der Waals surface area (Å²) in [5.74, 6) is 0.465. The van der Waals surface area contributed by atoms with Gasteiger partial charge >= 0.3 is 6.61 Å². The van der Waals surface area contributed by atoms with E-state index in [1.165, 1.54) is 0 Å². The van der Waals surface area contributed by atoms with Crippen molar-refractivity contribution in [2.45, 2.75) is 26.4 Å².